The molecular weight excluding hydrogens is 314 g/mol. The van der Waals surface area contributed by atoms with Crippen molar-refractivity contribution in [3.05, 3.63) is 46.7 Å². The molecule has 5 nitrogen and oxygen atoms in total. The quantitative estimate of drug-likeness (QED) is 0.868. The number of rotatable bonds is 4. The molecule has 2 aromatic rings. The number of anilines is 2. The van der Waals surface area contributed by atoms with Crippen molar-refractivity contribution in [2.75, 3.05) is 11.9 Å². The molecule has 0 amide bonds. The van der Waals surface area contributed by atoms with Crippen LogP contribution in [0.5, 0.6) is 0 Å². The Labute approximate surface area is 140 Å². The maximum Gasteiger partial charge on any atom is 0.309 e. The number of benzene rings is 1. The molecular formula is C17H18ClN3O2. The maximum absolute atomic E-state index is 11.9. The van der Waals surface area contributed by atoms with E-state index in [1.165, 1.54) is 0 Å². The minimum Gasteiger partial charge on any atom is -0.466 e. The van der Waals surface area contributed by atoms with Gasteiger partial charge in [0.1, 0.15) is 0 Å². The number of halogens is 1. The van der Waals surface area contributed by atoms with Crippen LogP contribution in [-0.2, 0) is 22.4 Å². The van der Waals surface area contributed by atoms with Gasteiger partial charge in [-0.15, -0.1) is 0 Å². The minimum absolute atomic E-state index is 0.0854. The molecule has 0 saturated carbocycles. The van der Waals surface area contributed by atoms with Gasteiger partial charge in [-0.2, -0.15) is 0 Å². The predicted octanol–water partition coefficient (Wildman–Crippen LogP) is 3.54. The fourth-order valence-corrected chi connectivity index (χ4v) is 2.91. The van der Waals surface area contributed by atoms with Crippen LogP contribution in [0.4, 0.5) is 11.6 Å². The highest BCUT2D eigenvalue weighted by molar-refractivity contribution is 6.30. The Hall–Kier alpha value is -2.14. The number of aryl methyl sites for hydroxylation is 1. The number of nitrogens with zero attached hydrogens (tertiary/aromatic N) is 2. The first kappa shape index (κ1) is 15.7. The Balaban J connectivity index is 1.73. The molecule has 0 radical (unpaired) electrons. The number of hydrogen-bond donors (Lipinski definition) is 1. The lowest BCUT2D eigenvalue weighted by molar-refractivity contribution is -0.148. The van der Waals surface area contributed by atoms with Gasteiger partial charge in [-0.25, -0.2) is 9.97 Å². The highest BCUT2D eigenvalue weighted by Gasteiger charge is 2.27. The molecule has 0 bridgehead atoms. The van der Waals surface area contributed by atoms with Crippen molar-refractivity contribution >= 4 is 29.2 Å². The third-order valence-electron chi connectivity index (χ3n) is 3.85. The topological polar surface area (TPSA) is 64.1 Å². The number of carbonyl (C=O) groups is 1. The second-order valence-electron chi connectivity index (χ2n) is 5.49. The number of ether oxygens (including phenoxy) is 1. The van der Waals surface area contributed by atoms with E-state index >= 15 is 0 Å². The summed E-state index contributed by atoms with van der Waals surface area (Å²) in [6, 6.07) is 7.41. The molecule has 6 heteroatoms. The number of carbonyl (C=O) groups excluding carboxylic acids is 1. The van der Waals surface area contributed by atoms with Gasteiger partial charge in [0.15, 0.2) is 0 Å². The first-order valence-electron chi connectivity index (χ1n) is 7.69. The van der Waals surface area contributed by atoms with Crippen molar-refractivity contribution in [2.45, 2.75) is 26.2 Å². The smallest absolute Gasteiger partial charge is 0.309 e. The molecule has 120 valence electrons. The zero-order valence-electron chi connectivity index (χ0n) is 12.9. The lowest BCUT2D eigenvalue weighted by atomic mass is 9.87. The zero-order chi connectivity index (χ0) is 16.2. The number of aromatic nitrogens is 2. The summed E-state index contributed by atoms with van der Waals surface area (Å²) in [7, 11) is 0. The fourth-order valence-electron chi connectivity index (χ4n) is 2.72. The van der Waals surface area contributed by atoms with E-state index in [9.17, 15) is 4.79 Å². The van der Waals surface area contributed by atoms with Gasteiger partial charge in [-0.05, 0) is 49.9 Å². The molecule has 1 aliphatic carbocycles. The van der Waals surface area contributed by atoms with Crippen LogP contribution in [0.2, 0.25) is 5.02 Å². The first-order chi connectivity index (χ1) is 11.2. The zero-order valence-corrected chi connectivity index (χ0v) is 13.6. The monoisotopic (exact) mass is 331 g/mol. The van der Waals surface area contributed by atoms with Crippen molar-refractivity contribution in [1.82, 2.24) is 9.97 Å². The molecule has 1 atom stereocenters. The largest absolute Gasteiger partial charge is 0.466 e. The fraction of sp³-hybridized carbons (Fsp3) is 0.353. The van der Waals surface area contributed by atoms with E-state index < -0.39 is 0 Å². The van der Waals surface area contributed by atoms with Crippen molar-refractivity contribution < 1.29 is 9.53 Å². The van der Waals surface area contributed by atoms with Gasteiger partial charge in [0.25, 0.3) is 0 Å². The van der Waals surface area contributed by atoms with Gasteiger partial charge < -0.3 is 10.1 Å². The summed E-state index contributed by atoms with van der Waals surface area (Å²) in [4.78, 5) is 20.8. The SMILES string of the molecule is CCOC(=O)C1CCc2nc(Nc3cccc(Cl)c3)ncc2C1. The maximum atomic E-state index is 11.9. The van der Waals surface area contributed by atoms with E-state index in [1.54, 1.807) is 6.20 Å². The average Bonchev–Trinajstić information content (AvgIpc) is 2.54. The van der Waals surface area contributed by atoms with Gasteiger partial charge >= 0.3 is 5.97 Å². The van der Waals surface area contributed by atoms with E-state index in [-0.39, 0.29) is 11.9 Å². The van der Waals surface area contributed by atoms with Crippen LogP contribution >= 0.6 is 11.6 Å². The van der Waals surface area contributed by atoms with Crippen molar-refractivity contribution in [3.63, 3.8) is 0 Å². The highest BCUT2D eigenvalue weighted by Crippen LogP contribution is 2.26. The normalized spacial score (nSPS) is 16.5. The summed E-state index contributed by atoms with van der Waals surface area (Å²) in [5.41, 5.74) is 2.86. The second-order valence-corrected chi connectivity index (χ2v) is 5.93. The van der Waals surface area contributed by atoms with Crippen molar-refractivity contribution in [3.8, 4) is 0 Å². The van der Waals surface area contributed by atoms with Gasteiger partial charge in [0.2, 0.25) is 5.95 Å². The Morgan fingerprint density at radius 2 is 2.35 bits per heavy atom. The van der Waals surface area contributed by atoms with Crippen LogP contribution in [0.1, 0.15) is 24.6 Å². The van der Waals surface area contributed by atoms with Crippen LogP contribution < -0.4 is 5.32 Å². The molecule has 1 N–H and O–H groups in total. The number of hydrogen-bond acceptors (Lipinski definition) is 5. The summed E-state index contributed by atoms with van der Waals surface area (Å²) in [5, 5.41) is 3.81. The molecule has 0 aliphatic heterocycles. The van der Waals surface area contributed by atoms with Gasteiger partial charge in [-0.3, -0.25) is 4.79 Å². The van der Waals surface area contributed by atoms with Crippen LogP contribution in [0.25, 0.3) is 0 Å². The average molecular weight is 332 g/mol. The third kappa shape index (κ3) is 3.79. The molecule has 1 aromatic carbocycles. The molecule has 1 aromatic heterocycles. The molecule has 1 heterocycles. The number of esters is 1. The Morgan fingerprint density at radius 3 is 3.13 bits per heavy atom. The lowest BCUT2D eigenvalue weighted by Gasteiger charge is -2.22. The minimum atomic E-state index is -0.126. The van der Waals surface area contributed by atoms with Crippen LogP contribution in [0.3, 0.4) is 0 Å². The van der Waals surface area contributed by atoms with Gasteiger partial charge in [0, 0.05) is 22.6 Å². The predicted molar refractivity (Wildman–Crippen MR) is 88.9 cm³/mol. The van der Waals surface area contributed by atoms with Crippen LogP contribution in [0.15, 0.2) is 30.5 Å². The third-order valence-corrected chi connectivity index (χ3v) is 4.09. The van der Waals surface area contributed by atoms with Gasteiger partial charge in [-0.1, -0.05) is 17.7 Å². The summed E-state index contributed by atoms with van der Waals surface area (Å²) in [5.74, 6) is 0.331. The number of nitrogens with one attached hydrogen (secondary N) is 1. The molecule has 0 fully saturated rings. The molecule has 0 saturated heterocycles. The van der Waals surface area contributed by atoms with E-state index in [1.807, 2.05) is 31.2 Å². The van der Waals surface area contributed by atoms with Crippen molar-refractivity contribution in [1.29, 1.82) is 0 Å². The molecule has 1 unspecified atom stereocenters. The molecule has 3 rings (SSSR count). The van der Waals surface area contributed by atoms with Crippen molar-refractivity contribution in [2.24, 2.45) is 5.92 Å². The highest BCUT2D eigenvalue weighted by atomic mass is 35.5. The second kappa shape index (κ2) is 6.96. The van der Waals surface area contributed by atoms with Crippen LogP contribution in [-0.4, -0.2) is 22.5 Å². The molecule has 23 heavy (non-hydrogen) atoms. The van der Waals surface area contributed by atoms with Gasteiger partial charge in [0.05, 0.1) is 12.5 Å². The van der Waals surface area contributed by atoms with E-state index in [0.29, 0.717) is 24.0 Å². The number of fused-ring (bicyclic) bond motifs is 1. The van der Waals surface area contributed by atoms with Crippen LogP contribution in [0, 0.1) is 5.92 Å². The Bertz CT molecular complexity index is 721. The summed E-state index contributed by atoms with van der Waals surface area (Å²) < 4.78 is 5.11. The first-order valence-corrected chi connectivity index (χ1v) is 8.07. The summed E-state index contributed by atoms with van der Waals surface area (Å²) in [6.45, 7) is 2.24. The Morgan fingerprint density at radius 1 is 1.48 bits per heavy atom. The standard InChI is InChI=1S/C17H18ClN3O2/c1-2-23-16(22)11-6-7-15-12(8-11)10-19-17(21-15)20-14-5-3-4-13(18)9-14/h3-5,9-11H,2,6-8H2,1H3,(H,19,20,21). The lowest BCUT2D eigenvalue weighted by Crippen LogP contribution is -2.25. The Kier molecular flexibility index (Phi) is 4.76. The van der Waals surface area contributed by atoms with E-state index in [0.717, 1.165) is 29.8 Å². The summed E-state index contributed by atoms with van der Waals surface area (Å²) >= 11 is 5.97. The summed E-state index contributed by atoms with van der Waals surface area (Å²) in [6.07, 6.45) is 3.96. The van der Waals surface area contributed by atoms with E-state index in [4.69, 9.17) is 16.3 Å². The molecule has 0 spiro atoms. The molecule has 1 aliphatic rings. The van der Waals surface area contributed by atoms with E-state index in [2.05, 4.69) is 15.3 Å².